The van der Waals surface area contributed by atoms with Crippen LogP contribution in [0, 0.1) is 11.3 Å². The number of alkyl halides is 3. The van der Waals surface area contributed by atoms with Crippen molar-refractivity contribution in [3.8, 4) is 11.8 Å². The number of aromatic nitrogens is 1. The highest BCUT2D eigenvalue weighted by Gasteiger charge is 2.30. The first-order valence-electron chi connectivity index (χ1n) is 6.23. The van der Waals surface area contributed by atoms with Gasteiger partial charge in [0, 0.05) is 6.20 Å². The molecule has 0 radical (unpaired) electrons. The quantitative estimate of drug-likeness (QED) is 0.799. The third-order valence-electron chi connectivity index (χ3n) is 2.89. The normalized spacial score (nSPS) is 11.9. The van der Waals surface area contributed by atoms with Crippen LogP contribution in [-0.4, -0.2) is 12.1 Å². The Morgan fingerprint density at radius 2 is 2.05 bits per heavy atom. The molecule has 112 valence electrons. The Balaban J connectivity index is 2.35. The molecule has 0 atom stereocenters. The van der Waals surface area contributed by atoms with Crippen molar-refractivity contribution in [1.29, 1.82) is 5.26 Å². The van der Waals surface area contributed by atoms with Gasteiger partial charge < -0.3 is 4.74 Å². The second kappa shape index (κ2) is 6.31. The molecule has 0 saturated heterocycles. The minimum absolute atomic E-state index is 0.168. The largest absolute Gasteiger partial charge is 0.497 e. The van der Waals surface area contributed by atoms with Gasteiger partial charge in [-0.2, -0.15) is 18.4 Å². The smallest absolute Gasteiger partial charge is 0.417 e. The van der Waals surface area contributed by atoms with Crippen LogP contribution in [0.2, 0.25) is 0 Å². The topological polar surface area (TPSA) is 45.9 Å². The molecule has 2 rings (SSSR count). The van der Waals surface area contributed by atoms with E-state index >= 15 is 0 Å². The first kappa shape index (κ1) is 15.6. The molecule has 3 nitrogen and oxygen atoms in total. The summed E-state index contributed by atoms with van der Waals surface area (Å²) in [5.74, 6) is 0.617. The predicted molar refractivity (Wildman–Crippen MR) is 75.7 cm³/mol. The maximum Gasteiger partial charge on any atom is 0.417 e. The van der Waals surface area contributed by atoms with Gasteiger partial charge in [0.15, 0.2) is 0 Å². The molecule has 0 aliphatic heterocycles. The third-order valence-corrected chi connectivity index (χ3v) is 2.89. The molecule has 0 spiro atoms. The van der Waals surface area contributed by atoms with Crippen molar-refractivity contribution in [2.45, 2.75) is 6.18 Å². The van der Waals surface area contributed by atoms with Gasteiger partial charge >= 0.3 is 6.18 Å². The molecule has 0 amide bonds. The van der Waals surface area contributed by atoms with Crippen LogP contribution in [-0.2, 0) is 6.18 Å². The van der Waals surface area contributed by atoms with Crippen molar-refractivity contribution < 1.29 is 17.9 Å². The molecule has 0 aliphatic rings. The Kier molecular flexibility index (Phi) is 4.47. The van der Waals surface area contributed by atoms with E-state index in [1.165, 1.54) is 19.3 Å². The Morgan fingerprint density at radius 3 is 2.59 bits per heavy atom. The minimum Gasteiger partial charge on any atom is -0.497 e. The average molecular weight is 304 g/mol. The summed E-state index contributed by atoms with van der Waals surface area (Å²) in [4.78, 5) is 3.71. The summed E-state index contributed by atoms with van der Waals surface area (Å²) in [6, 6.07) is 11.0. The van der Waals surface area contributed by atoms with Crippen LogP contribution in [0.3, 0.4) is 0 Å². The molecular weight excluding hydrogens is 293 g/mol. The van der Waals surface area contributed by atoms with Crippen LogP contribution in [0.5, 0.6) is 5.75 Å². The summed E-state index contributed by atoms with van der Waals surface area (Å²) in [7, 11) is 1.52. The highest BCUT2D eigenvalue weighted by atomic mass is 19.4. The molecular formula is C16H11F3N2O. The van der Waals surface area contributed by atoms with E-state index in [2.05, 4.69) is 4.98 Å². The Morgan fingerprint density at radius 1 is 1.27 bits per heavy atom. The maximum absolute atomic E-state index is 12.5. The first-order valence-corrected chi connectivity index (χ1v) is 6.23. The lowest BCUT2D eigenvalue weighted by Crippen LogP contribution is -2.05. The van der Waals surface area contributed by atoms with E-state index in [1.54, 1.807) is 24.3 Å². The summed E-state index contributed by atoms with van der Waals surface area (Å²) in [5, 5.41) is 9.18. The molecule has 2 aromatic rings. The summed E-state index contributed by atoms with van der Waals surface area (Å²) in [6.45, 7) is 0. The highest BCUT2D eigenvalue weighted by molar-refractivity contribution is 5.88. The monoisotopic (exact) mass is 304 g/mol. The van der Waals surface area contributed by atoms with Gasteiger partial charge in [-0.25, -0.2) is 0 Å². The first-order chi connectivity index (χ1) is 10.4. The molecule has 22 heavy (non-hydrogen) atoms. The van der Waals surface area contributed by atoms with Crippen molar-refractivity contribution in [3.05, 3.63) is 59.4 Å². The molecule has 0 bridgehead atoms. The molecule has 6 heteroatoms. The number of nitrogens with zero attached hydrogens (tertiary/aromatic N) is 2. The number of pyridine rings is 1. The van der Waals surface area contributed by atoms with Gasteiger partial charge in [-0.3, -0.25) is 4.98 Å². The molecule has 0 saturated carbocycles. The molecule has 1 heterocycles. The second-order valence-corrected chi connectivity index (χ2v) is 4.38. The summed E-state index contributed by atoms with van der Waals surface area (Å²) >= 11 is 0. The fourth-order valence-corrected chi connectivity index (χ4v) is 1.78. The zero-order valence-corrected chi connectivity index (χ0v) is 11.6. The van der Waals surface area contributed by atoms with Crippen molar-refractivity contribution in [3.63, 3.8) is 0 Å². The number of halogens is 3. The van der Waals surface area contributed by atoms with Gasteiger partial charge in [-0.1, -0.05) is 12.1 Å². The van der Waals surface area contributed by atoms with Crippen LogP contribution < -0.4 is 4.74 Å². The van der Waals surface area contributed by atoms with Crippen LogP contribution in [0.25, 0.3) is 11.6 Å². The number of nitriles is 1. The number of allylic oxidation sites excluding steroid dienone is 1. The number of hydrogen-bond acceptors (Lipinski definition) is 3. The van der Waals surface area contributed by atoms with Gasteiger partial charge in [-0.15, -0.1) is 0 Å². The van der Waals surface area contributed by atoms with Gasteiger partial charge in [0.05, 0.1) is 23.9 Å². The number of hydrogen-bond donors (Lipinski definition) is 0. The summed E-state index contributed by atoms with van der Waals surface area (Å²) in [6.07, 6.45) is -2.20. The highest BCUT2D eigenvalue weighted by Crippen LogP contribution is 2.29. The van der Waals surface area contributed by atoms with Gasteiger partial charge in [0.25, 0.3) is 0 Å². The number of ether oxygens (including phenoxy) is 1. The maximum atomic E-state index is 12.5. The molecule has 1 aromatic heterocycles. The molecule has 0 fully saturated rings. The van der Waals surface area contributed by atoms with Gasteiger partial charge in [-0.05, 0) is 35.9 Å². The van der Waals surface area contributed by atoms with Crippen LogP contribution in [0.15, 0.2) is 42.6 Å². The fraction of sp³-hybridized carbons (Fsp3) is 0.125. The summed E-state index contributed by atoms with van der Waals surface area (Å²) in [5.41, 5.74) is 0.188. The van der Waals surface area contributed by atoms with Gasteiger partial charge in [0.2, 0.25) is 0 Å². The van der Waals surface area contributed by atoms with E-state index in [0.717, 1.165) is 6.07 Å². The standard InChI is InChI=1S/C16H11F3N2O/c1-22-14-4-2-3-11(8-14)7-12(9-20)15-6-5-13(10-21-15)16(17,18)19/h2-8,10H,1H3/b12-7-. The zero-order valence-electron chi connectivity index (χ0n) is 11.6. The van der Waals surface area contributed by atoms with E-state index in [1.807, 2.05) is 6.07 Å². The van der Waals surface area contributed by atoms with Crippen LogP contribution >= 0.6 is 0 Å². The molecule has 1 aromatic carbocycles. The van der Waals surface area contributed by atoms with Crippen molar-refractivity contribution in [1.82, 2.24) is 4.98 Å². The Hall–Kier alpha value is -2.81. The van der Waals surface area contributed by atoms with E-state index < -0.39 is 11.7 Å². The van der Waals surface area contributed by atoms with Gasteiger partial charge in [0.1, 0.15) is 11.8 Å². The number of benzene rings is 1. The van der Waals surface area contributed by atoms with E-state index in [9.17, 15) is 18.4 Å². The predicted octanol–water partition coefficient (Wildman–Crippen LogP) is 4.17. The average Bonchev–Trinajstić information content (AvgIpc) is 2.52. The number of methoxy groups -OCH3 is 1. The lowest BCUT2D eigenvalue weighted by Gasteiger charge is -2.06. The van der Waals surface area contributed by atoms with Crippen molar-refractivity contribution in [2.24, 2.45) is 0 Å². The summed E-state index contributed by atoms with van der Waals surface area (Å²) < 4.78 is 42.6. The lowest BCUT2D eigenvalue weighted by molar-refractivity contribution is -0.137. The molecule has 0 N–H and O–H groups in total. The van der Waals surface area contributed by atoms with Crippen LogP contribution in [0.1, 0.15) is 16.8 Å². The Labute approximate surface area is 125 Å². The van der Waals surface area contributed by atoms with E-state index in [-0.39, 0.29) is 11.3 Å². The number of rotatable bonds is 3. The second-order valence-electron chi connectivity index (χ2n) is 4.38. The Bertz CT molecular complexity index is 728. The lowest BCUT2D eigenvalue weighted by atomic mass is 10.1. The minimum atomic E-state index is -4.45. The SMILES string of the molecule is COc1cccc(/C=C(/C#N)c2ccc(C(F)(F)F)cn2)c1. The van der Waals surface area contributed by atoms with Crippen LogP contribution in [0.4, 0.5) is 13.2 Å². The fourth-order valence-electron chi connectivity index (χ4n) is 1.78. The van der Waals surface area contributed by atoms with Crippen molar-refractivity contribution >= 4 is 11.6 Å². The molecule has 0 unspecified atom stereocenters. The van der Waals surface area contributed by atoms with Crippen molar-refractivity contribution in [2.75, 3.05) is 7.11 Å². The van der Waals surface area contributed by atoms with E-state index in [4.69, 9.17) is 4.74 Å². The third kappa shape index (κ3) is 3.64. The van der Waals surface area contributed by atoms with E-state index in [0.29, 0.717) is 17.5 Å². The zero-order chi connectivity index (χ0) is 16.2. The molecule has 0 aliphatic carbocycles.